The number of alkyl halides is 14. The zero-order chi connectivity index (χ0) is 34.8. The average molecular weight is 682 g/mol. The lowest BCUT2D eigenvalue weighted by molar-refractivity contribution is -0.144. The number of cyclic esters (lactones) is 1. The third-order valence-electron chi connectivity index (χ3n) is 7.09. The molecule has 3 aromatic rings. The molecule has 1 unspecified atom stereocenters. The molecule has 0 N–H and O–H groups in total. The lowest BCUT2D eigenvalue weighted by Gasteiger charge is -2.21. The maximum Gasteiger partial charge on any atom is 0.416 e. The van der Waals surface area contributed by atoms with Crippen molar-refractivity contribution >= 4 is 6.09 Å². The first-order valence-electron chi connectivity index (χ1n) is 12.9. The maximum absolute atomic E-state index is 14.7. The molecule has 4 rings (SSSR count). The molecule has 252 valence electrons. The number of carbonyl (C=O) groups is 1. The van der Waals surface area contributed by atoms with Crippen molar-refractivity contribution in [2.24, 2.45) is 0 Å². The molecule has 1 saturated heterocycles. The van der Waals surface area contributed by atoms with Crippen molar-refractivity contribution in [1.82, 2.24) is 9.47 Å². The number of aromatic nitrogens is 1. The predicted molar refractivity (Wildman–Crippen MR) is 130 cm³/mol. The van der Waals surface area contributed by atoms with Crippen LogP contribution in [0.1, 0.15) is 63.4 Å². The Bertz CT molecular complexity index is 1560. The molecule has 1 amide bonds. The summed E-state index contributed by atoms with van der Waals surface area (Å²) >= 11 is 0. The first kappa shape index (κ1) is 34.9. The summed E-state index contributed by atoms with van der Waals surface area (Å²) in [7, 11) is 0. The summed E-state index contributed by atoms with van der Waals surface area (Å²) in [6.07, 6.45) is -24.0. The van der Waals surface area contributed by atoms with Gasteiger partial charge >= 0.3 is 30.8 Å². The standard InChI is InChI=1S/C28H20F14N2O2/c1-13-3-20(24(2,29)30)21(44(13)10-14-4-16(25(31,32)33)8-17(5-14)26(34,35)36)11-43-12-22(46-23(43)45)15-6-18(27(37,38)39)9-19(7-15)28(40,41)42/h3-9,22H,10-12H2,1-2H3. The van der Waals surface area contributed by atoms with Crippen LogP contribution in [0.4, 0.5) is 66.3 Å². The predicted octanol–water partition coefficient (Wildman–Crippen LogP) is 9.73. The topological polar surface area (TPSA) is 34.5 Å². The van der Waals surface area contributed by atoms with Crippen LogP contribution in [0.2, 0.25) is 0 Å². The summed E-state index contributed by atoms with van der Waals surface area (Å²) in [5.74, 6) is -3.68. The van der Waals surface area contributed by atoms with Gasteiger partial charge in [0.15, 0.2) is 0 Å². The second-order valence-corrected chi connectivity index (χ2v) is 10.6. The van der Waals surface area contributed by atoms with Crippen LogP contribution in [-0.2, 0) is 48.5 Å². The summed E-state index contributed by atoms with van der Waals surface area (Å²) < 4.78 is 196. The Labute approximate surface area is 250 Å². The number of aryl methyl sites for hydroxylation is 1. The largest absolute Gasteiger partial charge is 0.439 e. The highest BCUT2D eigenvalue weighted by atomic mass is 19.4. The summed E-state index contributed by atoms with van der Waals surface area (Å²) in [5, 5.41) is 0. The van der Waals surface area contributed by atoms with Crippen molar-refractivity contribution < 1.29 is 71.0 Å². The molecule has 18 heteroatoms. The monoisotopic (exact) mass is 682 g/mol. The Balaban J connectivity index is 1.74. The van der Waals surface area contributed by atoms with Crippen LogP contribution in [0.25, 0.3) is 0 Å². The van der Waals surface area contributed by atoms with Gasteiger partial charge in [-0.05, 0) is 60.5 Å². The Morgan fingerprint density at radius 1 is 0.674 bits per heavy atom. The number of halogens is 14. The molecule has 0 saturated carbocycles. The third kappa shape index (κ3) is 7.52. The van der Waals surface area contributed by atoms with Crippen LogP contribution >= 0.6 is 0 Å². The third-order valence-corrected chi connectivity index (χ3v) is 7.09. The number of ether oxygens (including phenoxy) is 1. The van der Waals surface area contributed by atoms with Crippen molar-refractivity contribution in [1.29, 1.82) is 0 Å². The number of rotatable bonds is 6. The SMILES string of the molecule is Cc1cc(C(C)(F)F)c(CN2CC(c3cc(C(F)(F)F)cc(C(F)(F)F)c3)OC2=O)n1Cc1cc(C(F)(F)F)cc(C(F)(F)F)c1. The molecule has 1 atom stereocenters. The number of amides is 1. The Hall–Kier alpha value is -3.99. The van der Waals surface area contributed by atoms with E-state index in [9.17, 15) is 66.3 Å². The molecule has 1 aliphatic rings. The average Bonchev–Trinajstić information content (AvgIpc) is 3.41. The fourth-order valence-electron chi connectivity index (χ4n) is 4.95. The number of hydrogen-bond acceptors (Lipinski definition) is 2. The first-order chi connectivity index (χ1) is 20.7. The minimum absolute atomic E-state index is 0.0747. The molecule has 0 bridgehead atoms. The molecule has 1 fully saturated rings. The van der Waals surface area contributed by atoms with Gasteiger partial charge in [0.2, 0.25) is 0 Å². The highest BCUT2D eigenvalue weighted by molar-refractivity contribution is 5.70. The van der Waals surface area contributed by atoms with Crippen molar-refractivity contribution in [3.63, 3.8) is 0 Å². The van der Waals surface area contributed by atoms with Crippen LogP contribution in [0.3, 0.4) is 0 Å². The van der Waals surface area contributed by atoms with Gasteiger partial charge in [-0.25, -0.2) is 13.6 Å². The van der Waals surface area contributed by atoms with E-state index in [2.05, 4.69) is 0 Å². The van der Waals surface area contributed by atoms with Crippen molar-refractivity contribution in [3.8, 4) is 0 Å². The maximum atomic E-state index is 14.7. The fourth-order valence-corrected chi connectivity index (χ4v) is 4.95. The van der Waals surface area contributed by atoms with Gasteiger partial charge in [0, 0.05) is 30.4 Å². The number of nitrogens with zero attached hydrogens (tertiary/aromatic N) is 2. The zero-order valence-electron chi connectivity index (χ0n) is 23.2. The van der Waals surface area contributed by atoms with Gasteiger partial charge in [-0.15, -0.1) is 0 Å². The van der Waals surface area contributed by atoms with E-state index in [1.165, 1.54) is 6.92 Å². The Morgan fingerprint density at radius 3 is 1.52 bits per heavy atom. The van der Waals surface area contributed by atoms with E-state index in [-0.39, 0.29) is 17.8 Å². The summed E-state index contributed by atoms with van der Waals surface area (Å²) in [6.45, 7) is -0.771. The van der Waals surface area contributed by atoms with Crippen molar-refractivity contribution in [3.05, 3.63) is 92.8 Å². The summed E-state index contributed by atoms with van der Waals surface area (Å²) in [5.41, 5.74) is -9.41. The lowest BCUT2D eigenvalue weighted by atomic mass is 10.0. The highest BCUT2D eigenvalue weighted by Gasteiger charge is 2.42. The smallest absolute Gasteiger partial charge is 0.416 e. The summed E-state index contributed by atoms with van der Waals surface area (Å²) in [4.78, 5) is 13.3. The Kier molecular flexibility index (Phi) is 8.61. The molecule has 2 aromatic carbocycles. The van der Waals surface area contributed by atoms with Gasteiger partial charge in [-0.1, -0.05) is 0 Å². The number of benzene rings is 2. The molecule has 46 heavy (non-hydrogen) atoms. The van der Waals surface area contributed by atoms with E-state index >= 15 is 0 Å². The van der Waals surface area contributed by atoms with Crippen molar-refractivity contribution in [2.75, 3.05) is 6.54 Å². The van der Waals surface area contributed by atoms with Crippen LogP contribution in [0.15, 0.2) is 42.5 Å². The zero-order valence-corrected chi connectivity index (χ0v) is 23.2. The molecule has 0 radical (unpaired) electrons. The molecule has 0 spiro atoms. The second kappa shape index (κ2) is 11.4. The summed E-state index contributed by atoms with van der Waals surface area (Å²) in [6, 6.07) is 2.01. The fraction of sp³-hybridized carbons (Fsp3) is 0.393. The molecular weight excluding hydrogens is 662 g/mol. The van der Waals surface area contributed by atoms with E-state index in [4.69, 9.17) is 4.74 Å². The lowest BCUT2D eigenvalue weighted by Crippen LogP contribution is -2.27. The van der Waals surface area contributed by atoms with E-state index in [0.717, 1.165) is 10.6 Å². The van der Waals surface area contributed by atoms with Crippen molar-refractivity contribution in [2.45, 2.75) is 63.7 Å². The Morgan fingerprint density at radius 2 is 1.11 bits per heavy atom. The normalized spacial score (nSPS) is 16.7. The molecule has 2 heterocycles. The molecule has 1 aromatic heterocycles. The molecular formula is C28H20F14N2O2. The van der Waals surface area contributed by atoms with Crippen LogP contribution < -0.4 is 0 Å². The van der Waals surface area contributed by atoms with Gasteiger partial charge in [0.05, 0.1) is 35.3 Å². The highest BCUT2D eigenvalue weighted by Crippen LogP contribution is 2.41. The quantitative estimate of drug-likeness (QED) is 0.243. The van der Waals surface area contributed by atoms with Gasteiger partial charge in [0.1, 0.15) is 6.10 Å². The van der Waals surface area contributed by atoms with Crippen LogP contribution in [0, 0.1) is 6.92 Å². The minimum atomic E-state index is -5.23. The first-order valence-corrected chi connectivity index (χ1v) is 12.9. The number of hydrogen-bond donors (Lipinski definition) is 0. The van der Waals surface area contributed by atoms with Gasteiger partial charge < -0.3 is 9.30 Å². The molecule has 1 aliphatic heterocycles. The van der Waals surface area contributed by atoms with E-state index in [1.54, 1.807) is 0 Å². The van der Waals surface area contributed by atoms with E-state index in [1.807, 2.05) is 0 Å². The molecule has 4 nitrogen and oxygen atoms in total. The van der Waals surface area contributed by atoms with Gasteiger partial charge in [-0.3, -0.25) is 4.90 Å². The number of carbonyl (C=O) groups excluding carboxylic acids is 1. The molecule has 0 aliphatic carbocycles. The van der Waals surface area contributed by atoms with Crippen LogP contribution in [0.5, 0.6) is 0 Å². The van der Waals surface area contributed by atoms with Crippen LogP contribution in [-0.4, -0.2) is 22.1 Å². The van der Waals surface area contributed by atoms with E-state index < -0.39 is 107 Å². The second-order valence-electron chi connectivity index (χ2n) is 10.6. The van der Waals surface area contributed by atoms with Gasteiger partial charge in [-0.2, -0.15) is 52.7 Å². The minimum Gasteiger partial charge on any atom is -0.439 e. The van der Waals surface area contributed by atoms with Gasteiger partial charge in [0.25, 0.3) is 5.92 Å². The van der Waals surface area contributed by atoms with E-state index in [0.29, 0.717) is 36.1 Å².